The fourth-order valence-electron chi connectivity index (χ4n) is 6.19. The van der Waals surface area contributed by atoms with Gasteiger partial charge in [0.2, 0.25) is 0 Å². The molecule has 3 aliphatic carbocycles. The molecule has 0 unspecified atom stereocenters. The van der Waals surface area contributed by atoms with Gasteiger partial charge in [0, 0.05) is 29.6 Å². The molecule has 2 amide bonds. The van der Waals surface area contributed by atoms with Gasteiger partial charge >= 0.3 is 0 Å². The number of fused-ring (bicyclic) bond motifs is 2. The molecule has 2 N–H and O–H groups in total. The molecule has 0 aliphatic heterocycles. The molecular weight excluding hydrogens is 498 g/mol. The molecule has 4 aromatic rings. The van der Waals surface area contributed by atoms with Gasteiger partial charge in [-0.15, -0.1) is 0 Å². The number of amides is 2. The van der Waals surface area contributed by atoms with Crippen LogP contribution in [0.5, 0.6) is 0 Å². The van der Waals surface area contributed by atoms with Crippen LogP contribution in [0.1, 0.15) is 52.0 Å². The van der Waals surface area contributed by atoms with E-state index in [0.29, 0.717) is 52.2 Å². The van der Waals surface area contributed by atoms with E-state index < -0.39 is 6.67 Å². The summed E-state index contributed by atoms with van der Waals surface area (Å²) in [7, 11) is 1.54. The maximum Gasteiger partial charge on any atom is 0.255 e. The lowest BCUT2D eigenvalue weighted by atomic mass is 9.84. The van der Waals surface area contributed by atoms with E-state index in [2.05, 4.69) is 10.6 Å². The molecule has 39 heavy (non-hydrogen) atoms. The minimum Gasteiger partial charge on any atom is -0.455 e. The molecule has 2 bridgehead atoms. The molecular formula is C32H30F2N2O3. The number of alkyl halides is 1. The minimum atomic E-state index is -0.466. The van der Waals surface area contributed by atoms with Crippen molar-refractivity contribution in [2.45, 2.75) is 38.1 Å². The quantitative estimate of drug-likeness (QED) is 0.268. The fraction of sp³-hybridized carbons (Fsp3) is 0.312. The van der Waals surface area contributed by atoms with E-state index in [1.54, 1.807) is 25.2 Å². The number of aryl methyl sites for hydroxylation is 1. The van der Waals surface area contributed by atoms with E-state index in [1.807, 2.05) is 30.3 Å². The molecule has 0 saturated heterocycles. The smallest absolute Gasteiger partial charge is 0.255 e. The maximum atomic E-state index is 13.6. The molecule has 0 spiro atoms. The number of hydrogen-bond donors (Lipinski definition) is 2. The van der Waals surface area contributed by atoms with Crippen LogP contribution in [0.3, 0.4) is 0 Å². The van der Waals surface area contributed by atoms with E-state index in [1.165, 1.54) is 25.0 Å². The number of carbonyl (C=O) groups is 2. The van der Waals surface area contributed by atoms with Crippen LogP contribution in [0.2, 0.25) is 0 Å². The number of nitrogens with one attached hydrogen (secondary N) is 2. The molecule has 7 heteroatoms. The van der Waals surface area contributed by atoms with Crippen LogP contribution in [-0.2, 0) is 6.42 Å². The van der Waals surface area contributed by atoms with Crippen molar-refractivity contribution >= 4 is 22.8 Å². The molecule has 3 fully saturated rings. The number of halogens is 2. The van der Waals surface area contributed by atoms with Crippen molar-refractivity contribution < 1.29 is 22.8 Å². The van der Waals surface area contributed by atoms with Crippen molar-refractivity contribution in [2.24, 2.45) is 11.8 Å². The van der Waals surface area contributed by atoms with Crippen LogP contribution < -0.4 is 10.6 Å². The molecule has 0 radical (unpaired) electrons. The first-order valence-electron chi connectivity index (χ1n) is 13.5. The van der Waals surface area contributed by atoms with Crippen LogP contribution in [0.15, 0.2) is 65.1 Å². The molecule has 1 atom stereocenters. The van der Waals surface area contributed by atoms with E-state index in [-0.39, 0.29) is 23.7 Å². The lowest BCUT2D eigenvalue weighted by molar-refractivity contribution is 0.0927. The van der Waals surface area contributed by atoms with Crippen molar-refractivity contribution in [1.29, 1.82) is 0 Å². The van der Waals surface area contributed by atoms with Crippen molar-refractivity contribution in [3.8, 4) is 22.5 Å². The number of carbonyl (C=O) groups excluding carboxylic acids is 2. The van der Waals surface area contributed by atoms with E-state index in [4.69, 9.17) is 4.42 Å². The SMILES string of the molecule is CNC(=O)c1c(-c2ccc(F)cc2)oc2cc(CCCF)c(-c3cccc(C(=O)N[C@H]4CC5CC4C5)c3)cc12. The van der Waals surface area contributed by atoms with Gasteiger partial charge in [0.15, 0.2) is 0 Å². The highest BCUT2D eigenvalue weighted by atomic mass is 19.1. The summed E-state index contributed by atoms with van der Waals surface area (Å²) in [6, 6.07) is 17.2. The first kappa shape index (κ1) is 25.3. The summed E-state index contributed by atoms with van der Waals surface area (Å²) in [5.41, 5.74) is 4.44. The molecule has 1 aromatic heterocycles. The van der Waals surface area contributed by atoms with Crippen molar-refractivity contribution in [3.05, 3.63) is 83.2 Å². The summed E-state index contributed by atoms with van der Waals surface area (Å²) in [4.78, 5) is 26.2. The Labute approximate surface area is 225 Å². The average Bonchev–Trinajstić information content (AvgIpc) is 3.63. The van der Waals surface area contributed by atoms with Crippen molar-refractivity contribution in [1.82, 2.24) is 10.6 Å². The van der Waals surface area contributed by atoms with Crippen LogP contribution in [0.4, 0.5) is 8.78 Å². The van der Waals surface area contributed by atoms with Crippen LogP contribution in [0.25, 0.3) is 33.4 Å². The Kier molecular flexibility index (Phi) is 6.67. The third-order valence-corrected chi connectivity index (χ3v) is 8.23. The van der Waals surface area contributed by atoms with Gasteiger partial charge in [0.05, 0.1) is 12.2 Å². The third kappa shape index (κ3) is 4.71. The number of hydrogen-bond acceptors (Lipinski definition) is 3. The first-order chi connectivity index (χ1) is 18.9. The monoisotopic (exact) mass is 528 g/mol. The van der Waals surface area contributed by atoms with E-state index in [9.17, 15) is 18.4 Å². The van der Waals surface area contributed by atoms with Crippen LogP contribution >= 0.6 is 0 Å². The van der Waals surface area contributed by atoms with Crippen LogP contribution in [-0.4, -0.2) is 31.6 Å². The van der Waals surface area contributed by atoms with E-state index in [0.717, 1.165) is 29.0 Å². The van der Waals surface area contributed by atoms with Gasteiger partial charge in [-0.3, -0.25) is 14.0 Å². The fourth-order valence-corrected chi connectivity index (χ4v) is 6.19. The van der Waals surface area contributed by atoms with Gasteiger partial charge in [-0.05, 0) is 109 Å². The Bertz CT molecular complexity index is 1550. The Balaban J connectivity index is 1.44. The van der Waals surface area contributed by atoms with Gasteiger partial charge in [-0.1, -0.05) is 12.1 Å². The Morgan fingerprint density at radius 2 is 1.77 bits per heavy atom. The molecule has 3 aliphatic rings. The highest BCUT2D eigenvalue weighted by molar-refractivity contribution is 6.12. The first-order valence-corrected chi connectivity index (χ1v) is 13.5. The largest absolute Gasteiger partial charge is 0.455 e. The summed E-state index contributed by atoms with van der Waals surface area (Å²) in [6.45, 7) is -0.466. The zero-order valence-electron chi connectivity index (χ0n) is 21.7. The molecule has 1 heterocycles. The topological polar surface area (TPSA) is 71.3 Å². The zero-order chi connectivity index (χ0) is 27.1. The van der Waals surface area contributed by atoms with Gasteiger partial charge in [0.1, 0.15) is 17.2 Å². The standard InChI is InChI=1S/C32H30F2N2O3/c1-35-32(38)29-26-17-25(20-4-2-5-22(15-20)31(37)36-27-14-18-12-23(27)13-18)21(6-3-11-33)16-28(26)39-30(29)19-7-9-24(34)10-8-19/h2,4-5,7-10,15-18,23,27H,3,6,11-14H2,1H3,(H,35,38)(H,36,37)/t18?,23?,27-/m0/s1. The highest BCUT2D eigenvalue weighted by Crippen LogP contribution is 2.48. The minimum absolute atomic E-state index is 0.0891. The van der Waals surface area contributed by atoms with E-state index >= 15 is 0 Å². The molecule has 3 aromatic carbocycles. The van der Waals surface area contributed by atoms with Crippen molar-refractivity contribution in [3.63, 3.8) is 0 Å². The molecule has 5 nitrogen and oxygen atoms in total. The second kappa shape index (κ2) is 10.3. The lowest BCUT2D eigenvalue weighted by Gasteiger charge is -2.24. The molecule has 200 valence electrons. The Morgan fingerprint density at radius 1 is 0.974 bits per heavy atom. The van der Waals surface area contributed by atoms with Gasteiger partial charge in [-0.2, -0.15) is 0 Å². The number of furan rings is 1. The Hall–Kier alpha value is -4.00. The molecule has 7 rings (SSSR count). The maximum absolute atomic E-state index is 13.6. The normalized spacial score (nSPS) is 19.6. The predicted octanol–water partition coefficient (Wildman–Crippen LogP) is 6.70. The molecule has 3 saturated carbocycles. The summed E-state index contributed by atoms with van der Waals surface area (Å²) in [5, 5.41) is 6.49. The van der Waals surface area contributed by atoms with Crippen molar-refractivity contribution in [2.75, 3.05) is 13.7 Å². The Morgan fingerprint density at radius 3 is 2.46 bits per heavy atom. The van der Waals surface area contributed by atoms with Crippen LogP contribution in [0, 0.1) is 17.7 Å². The zero-order valence-corrected chi connectivity index (χ0v) is 21.7. The number of benzene rings is 3. The predicted molar refractivity (Wildman–Crippen MR) is 147 cm³/mol. The second-order valence-corrected chi connectivity index (χ2v) is 10.7. The second-order valence-electron chi connectivity index (χ2n) is 10.7. The summed E-state index contributed by atoms with van der Waals surface area (Å²) < 4.78 is 33.0. The van der Waals surface area contributed by atoms with Gasteiger partial charge in [-0.25, -0.2) is 4.39 Å². The average molecular weight is 529 g/mol. The summed E-state index contributed by atoms with van der Waals surface area (Å²) >= 11 is 0. The lowest BCUT2D eigenvalue weighted by Crippen LogP contribution is -2.36. The number of rotatable bonds is 8. The summed E-state index contributed by atoms with van der Waals surface area (Å²) in [5.74, 6) is 0.867. The summed E-state index contributed by atoms with van der Waals surface area (Å²) in [6.07, 6.45) is 4.27. The highest BCUT2D eigenvalue weighted by Gasteiger charge is 2.44. The third-order valence-electron chi connectivity index (χ3n) is 8.23. The van der Waals surface area contributed by atoms with Gasteiger partial charge in [0.25, 0.3) is 11.8 Å². The van der Waals surface area contributed by atoms with Gasteiger partial charge < -0.3 is 15.1 Å².